The van der Waals surface area contributed by atoms with Gasteiger partial charge in [-0.25, -0.2) is 0 Å². The van der Waals surface area contributed by atoms with E-state index in [-0.39, 0.29) is 17.4 Å². The van der Waals surface area contributed by atoms with Crippen molar-refractivity contribution in [3.8, 4) is 17.2 Å². The molecule has 4 aromatic carbocycles. The van der Waals surface area contributed by atoms with E-state index in [1.165, 1.54) is 26.0 Å². The lowest BCUT2D eigenvalue weighted by Gasteiger charge is -2.13. The first-order valence-electron chi connectivity index (χ1n) is 13.2. The van der Waals surface area contributed by atoms with E-state index in [4.69, 9.17) is 14.2 Å². The van der Waals surface area contributed by atoms with E-state index in [1.54, 1.807) is 98.1 Å². The lowest BCUT2D eigenvalue weighted by molar-refractivity contribution is -0.114. The summed E-state index contributed by atoms with van der Waals surface area (Å²) in [5.74, 6) is 0.667. The van der Waals surface area contributed by atoms with Gasteiger partial charge in [0.15, 0.2) is 11.5 Å². The van der Waals surface area contributed by atoms with Gasteiger partial charge in [0.1, 0.15) is 11.4 Å². The van der Waals surface area contributed by atoms with Crippen molar-refractivity contribution in [2.24, 2.45) is 0 Å². The number of methoxy groups -OCH3 is 3. The molecule has 0 aliphatic carbocycles. The van der Waals surface area contributed by atoms with Crippen LogP contribution < -0.4 is 30.2 Å². The van der Waals surface area contributed by atoms with E-state index < -0.39 is 11.8 Å². The maximum Gasteiger partial charge on any atom is 0.272 e. The molecular weight excluding hydrogens is 566 g/mol. The van der Waals surface area contributed by atoms with E-state index in [9.17, 15) is 14.4 Å². The Morgan fingerprint density at radius 1 is 0.721 bits per heavy atom. The van der Waals surface area contributed by atoms with Gasteiger partial charge in [-0.3, -0.25) is 14.4 Å². The first-order valence-corrected chi connectivity index (χ1v) is 14.2. The third kappa shape index (κ3) is 8.64. The van der Waals surface area contributed by atoms with Crippen molar-refractivity contribution in [3.63, 3.8) is 0 Å². The number of thioether (sulfide) groups is 1. The fraction of sp³-hybridized carbons (Fsp3) is 0.121. The molecule has 0 aromatic heterocycles. The Morgan fingerprint density at radius 2 is 1.40 bits per heavy atom. The molecule has 9 nitrogen and oxygen atoms in total. The van der Waals surface area contributed by atoms with Crippen LogP contribution in [0.15, 0.2) is 108 Å². The zero-order valence-electron chi connectivity index (χ0n) is 23.9. The van der Waals surface area contributed by atoms with Crippen LogP contribution in [-0.4, -0.2) is 44.8 Å². The summed E-state index contributed by atoms with van der Waals surface area (Å²) >= 11 is 1.35. The number of benzene rings is 4. The number of hydrogen-bond donors (Lipinski definition) is 3. The second kappa shape index (κ2) is 15.1. The van der Waals surface area contributed by atoms with Gasteiger partial charge < -0.3 is 30.2 Å². The van der Waals surface area contributed by atoms with E-state index in [0.29, 0.717) is 39.8 Å². The molecule has 0 spiro atoms. The van der Waals surface area contributed by atoms with Crippen LogP contribution in [-0.2, 0) is 9.59 Å². The molecule has 0 bridgehead atoms. The van der Waals surface area contributed by atoms with Crippen molar-refractivity contribution in [3.05, 3.63) is 114 Å². The molecule has 0 unspecified atom stereocenters. The molecule has 4 aromatic rings. The second-order valence-corrected chi connectivity index (χ2v) is 10.1. The lowest BCUT2D eigenvalue weighted by atomic mass is 10.1. The van der Waals surface area contributed by atoms with E-state index in [1.807, 2.05) is 12.1 Å². The minimum atomic E-state index is -0.518. The Hall–Kier alpha value is -5.22. The summed E-state index contributed by atoms with van der Waals surface area (Å²) in [6, 6.07) is 28.0. The molecule has 0 fully saturated rings. The SMILES string of the molecule is COc1ccccc1NC(=O)CSc1ccc(NC(=O)/C(=C/c2ccc(OC)c(OC)c2)NC(=O)c2ccccc2)cc1. The molecule has 220 valence electrons. The minimum absolute atomic E-state index is 0.0348. The lowest BCUT2D eigenvalue weighted by Crippen LogP contribution is -2.30. The molecule has 0 saturated carbocycles. The van der Waals surface area contributed by atoms with Crippen LogP contribution in [0.3, 0.4) is 0 Å². The van der Waals surface area contributed by atoms with Gasteiger partial charge in [-0.05, 0) is 72.3 Å². The molecule has 4 rings (SSSR count). The standard InChI is InChI=1S/C33H31N3O6S/c1-40-28-12-8-7-11-26(28)35-31(37)21-43-25-16-14-24(15-17-25)34-33(39)27(36-32(38)23-9-5-4-6-10-23)19-22-13-18-29(41-2)30(20-22)42-3/h4-20H,21H2,1-3H3,(H,34,39)(H,35,37)(H,36,38)/b27-19-. The van der Waals surface area contributed by atoms with E-state index in [0.717, 1.165) is 4.90 Å². The third-order valence-corrected chi connectivity index (χ3v) is 7.12. The summed E-state index contributed by atoms with van der Waals surface area (Å²) in [5.41, 5.74) is 2.18. The first kappa shape index (κ1) is 30.7. The topological polar surface area (TPSA) is 115 Å². The quantitative estimate of drug-likeness (QED) is 0.139. The molecular formula is C33H31N3O6S. The van der Waals surface area contributed by atoms with E-state index >= 15 is 0 Å². The Kier molecular flexibility index (Phi) is 10.8. The maximum atomic E-state index is 13.4. The predicted molar refractivity (Wildman–Crippen MR) is 169 cm³/mol. The number of para-hydroxylation sites is 2. The van der Waals surface area contributed by atoms with Gasteiger partial charge >= 0.3 is 0 Å². The summed E-state index contributed by atoms with van der Waals surface area (Å²) < 4.78 is 15.9. The molecule has 0 radical (unpaired) electrons. The summed E-state index contributed by atoms with van der Waals surface area (Å²) in [4.78, 5) is 39.6. The van der Waals surface area contributed by atoms with Crippen LogP contribution in [0.4, 0.5) is 11.4 Å². The molecule has 10 heteroatoms. The number of hydrogen-bond acceptors (Lipinski definition) is 7. The van der Waals surface area contributed by atoms with Gasteiger partial charge in [0.2, 0.25) is 5.91 Å². The highest BCUT2D eigenvalue weighted by molar-refractivity contribution is 8.00. The van der Waals surface area contributed by atoms with Crippen LogP contribution in [0.1, 0.15) is 15.9 Å². The van der Waals surface area contributed by atoms with Crippen molar-refractivity contribution < 1.29 is 28.6 Å². The van der Waals surface area contributed by atoms with Crippen molar-refractivity contribution in [1.82, 2.24) is 5.32 Å². The third-order valence-electron chi connectivity index (χ3n) is 6.11. The molecule has 0 atom stereocenters. The summed E-state index contributed by atoms with van der Waals surface area (Å²) in [6.45, 7) is 0. The number of ether oxygens (including phenoxy) is 3. The zero-order chi connectivity index (χ0) is 30.6. The highest BCUT2D eigenvalue weighted by atomic mass is 32.2. The molecule has 0 saturated heterocycles. The summed E-state index contributed by atoms with van der Waals surface area (Å²) in [7, 11) is 4.60. The largest absolute Gasteiger partial charge is 0.495 e. The number of carbonyl (C=O) groups excluding carboxylic acids is 3. The Morgan fingerprint density at radius 3 is 2.09 bits per heavy atom. The maximum absolute atomic E-state index is 13.4. The van der Waals surface area contributed by atoms with Crippen molar-refractivity contribution in [1.29, 1.82) is 0 Å². The summed E-state index contributed by atoms with van der Waals surface area (Å²) in [6.07, 6.45) is 1.56. The summed E-state index contributed by atoms with van der Waals surface area (Å²) in [5, 5.41) is 8.39. The highest BCUT2D eigenvalue weighted by Gasteiger charge is 2.16. The number of rotatable bonds is 12. The van der Waals surface area contributed by atoms with Gasteiger partial charge in [-0.15, -0.1) is 11.8 Å². The molecule has 0 heterocycles. The zero-order valence-corrected chi connectivity index (χ0v) is 24.7. The minimum Gasteiger partial charge on any atom is -0.495 e. The average molecular weight is 598 g/mol. The number of anilines is 2. The average Bonchev–Trinajstić information content (AvgIpc) is 3.04. The monoisotopic (exact) mass is 597 g/mol. The number of nitrogens with one attached hydrogen (secondary N) is 3. The fourth-order valence-corrected chi connectivity index (χ4v) is 4.67. The van der Waals surface area contributed by atoms with Gasteiger partial charge in [0.05, 0.1) is 32.8 Å². The highest BCUT2D eigenvalue weighted by Crippen LogP contribution is 2.29. The van der Waals surface area contributed by atoms with Crippen LogP contribution in [0.5, 0.6) is 17.2 Å². The van der Waals surface area contributed by atoms with Gasteiger partial charge in [0.25, 0.3) is 11.8 Å². The van der Waals surface area contributed by atoms with Crippen LogP contribution >= 0.6 is 11.8 Å². The molecule has 3 amide bonds. The smallest absolute Gasteiger partial charge is 0.272 e. The van der Waals surface area contributed by atoms with Crippen molar-refractivity contribution in [2.75, 3.05) is 37.7 Å². The van der Waals surface area contributed by atoms with Crippen molar-refractivity contribution >= 4 is 46.9 Å². The van der Waals surface area contributed by atoms with Crippen molar-refractivity contribution in [2.45, 2.75) is 4.90 Å². The second-order valence-electron chi connectivity index (χ2n) is 9.01. The predicted octanol–water partition coefficient (Wildman–Crippen LogP) is 5.85. The molecule has 0 aliphatic rings. The molecule has 3 N–H and O–H groups in total. The number of amides is 3. The number of carbonyl (C=O) groups is 3. The van der Waals surface area contributed by atoms with Gasteiger partial charge in [0, 0.05) is 16.1 Å². The Bertz CT molecular complexity index is 1610. The fourth-order valence-electron chi connectivity index (χ4n) is 3.97. The molecule has 43 heavy (non-hydrogen) atoms. The van der Waals surface area contributed by atoms with Crippen LogP contribution in [0.2, 0.25) is 0 Å². The van der Waals surface area contributed by atoms with E-state index in [2.05, 4.69) is 16.0 Å². The molecule has 0 aliphatic heterocycles. The normalized spacial score (nSPS) is 10.8. The Balaban J connectivity index is 1.45. The van der Waals surface area contributed by atoms with Gasteiger partial charge in [-0.1, -0.05) is 36.4 Å². The van der Waals surface area contributed by atoms with Gasteiger partial charge in [-0.2, -0.15) is 0 Å². The van der Waals surface area contributed by atoms with Crippen LogP contribution in [0, 0.1) is 0 Å². The van der Waals surface area contributed by atoms with Crippen LogP contribution in [0.25, 0.3) is 6.08 Å². The first-order chi connectivity index (χ1) is 20.9. The Labute approximate surface area is 254 Å².